The maximum Gasteiger partial charge on any atom is 0.249 e. The van der Waals surface area contributed by atoms with Crippen molar-refractivity contribution < 1.29 is 0 Å². The summed E-state index contributed by atoms with van der Waals surface area (Å²) in [6.45, 7) is 4.31. The van der Waals surface area contributed by atoms with E-state index in [1.54, 1.807) is 6.20 Å². The average molecular weight is 384 g/mol. The van der Waals surface area contributed by atoms with E-state index in [-0.39, 0.29) is 0 Å². The molecule has 0 saturated carbocycles. The van der Waals surface area contributed by atoms with E-state index in [1.165, 1.54) is 5.56 Å². The summed E-state index contributed by atoms with van der Waals surface area (Å²) < 4.78 is 0.961. The van der Waals surface area contributed by atoms with Crippen molar-refractivity contribution in [3.63, 3.8) is 0 Å². The summed E-state index contributed by atoms with van der Waals surface area (Å²) in [5.74, 6) is 1.49. The summed E-state index contributed by atoms with van der Waals surface area (Å²) in [7, 11) is 0. The van der Waals surface area contributed by atoms with Crippen molar-refractivity contribution in [2.75, 3.05) is 10.6 Å². The molecule has 0 amide bonds. The molecular formula is C18H18BrN5. The SMILES string of the molecule is CC(C)c1ccccc1Nc1nncc(Nc2ccccc2Br)n1. The van der Waals surface area contributed by atoms with Crippen molar-refractivity contribution in [2.24, 2.45) is 0 Å². The van der Waals surface area contributed by atoms with Crippen LogP contribution in [0.4, 0.5) is 23.1 Å². The summed E-state index contributed by atoms with van der Waals surface area (Å²) in [5, 5.41) is 14.6. The van der Waals surface area contributed by atoms with Crippen LogP contribution in [0.5, 0.6) is 0 Å². The monoisotopic (exact) mass is 383 g/mol. The van der Waals surface area contributed by atoms with Crippen molar-refractivity contribution in [2.45, 2.75) is 19.8 Å². The molecule has 5 nitrogen and oxygen atoms in total. The zero-order valence-corrected chi connectivity index (χ0v) is 15.1. The second-order valence-corrected chi connectivity index (χ2v) is 6.49. The summed E-state index contributed by atoms with van der Waals surface area (Å²) >= 11 is 3.51. The van der Waals surface area contributed by atoms with Crippen LogP contribution < -0.4 is 10.6 Å². The molecule has 0 radical (unpaired) electrons. The lowest BCUT2D eigenvalue weighted by atomic mass is 10.0. The molecule has 3 rings (SSSR count). The van der Waals surface area contributed by atoms with Gasteiger partial charge in [0.1, 0.15) is 0 Å². The Labute approximate surface area is 149 Å². The fourth-order valence-corrected chi connectivity index (χ4v) is 2.74. The Balaban J connectivity index is 1.83. The molecular weight excluding hydrogens is 366 g/mol. The van der Waals surface area contributed by atoms with Crippen LogP contribution in [0.15, 0.2) is 59.2 Å². The quantitative estimate of drug-likeness (QED) is 0.630. The minimum Gasteiger partial charge on any atom is -0.338 e. The first-order valence-corrected chi connectivity index (χ1v) is 8.50. The van der Waals surface area contributed by atoms with Gasteiger partial charge in [-0.05, 0) is 45.6 Å². The van der Waals surface area contributed by atoms with E-state index < -0.39 is 0 Å². The Hall–Kier alpha value is -2.47. The second kappa shape index (κ2) is 7.40. The maximum atomic E-state index is 4.49. The van der Waals surface area contributed by atoms with Gasteiger partial charge in [-0.3, -0.25) is 0 Å². The van der Waals surface area contributed by atoms with Crippen LogP contribution in [0.1, 0.15) is 25.3 Å². The van der Waals surface area contributed by atoms with E-state index in [9.17, 15) is 0 Å². The predicted octanol–water partition coefficient (Wildman–Crippen LogP) is 5.24. The molecule has 0 saturated heterocycles. The minimum atomic E-state index is 0.406. The van der Waals surface area contributed by atoms with Gasteiger partial charge in [-0.1, -0.05) is 44.2 Å². The van der Waals surface area contributed by atoms with Gasteiger partial charge in [0, 0.05) is 10.2 Å². The Morgan fingerprint density at radius 2 is 1.62 bits per heavy atom. The molecule has 0 aliphatic rings. The third-order valence-electron chi connectivity index (χ3n) is 3.52. The van der Waals surface area contributed by atoms with E-state index in [0.29, 0.717) is 17.7 Å². The van der Waals surface area contributed by atoms with Crippen LogP contribution in [0.3, 0.4) is 0 Å². The molecule has 1 heterocycles. The van der Waals surface area contributed by atoms with Crippen LogP contribution in [-0.4, -0.2) is 15.2 Å². The van der Waals surface area contributed by atoms with Gasteiger partial charge in [0.2, 0.25) is 5.95 Å². The topological polar surface area (TPSA) is 62.7 Å². The highest BCUT2D eigenvalue weighted by Gasteiger charge is 2.08. The van der Waals surface area contributed by atoms with Gasteiger partial charge in [-0.25, -0.2) is 0 Å². The van der Waals surface area contributed by atoms with Gasteiger partial charge in [0.15, 0.2) is 5.82 Å². The van der Waals surface area contributed by atoms with Crippen LogP contribution in [0.2, 0.25) is 0 Å². The number of aromatic nitrogens is 3. The molecule has 3 aromatic rings. The first kappa shape index (κ1) is 16.4. The molecule has 2 aromatic carbocycles. The standard InChI is InChI=1S/C18H18BrN5/c1-12(2)13-7-3-5-9-15(13)22-18-23-17(11-20-24-18)21-16-10-6-4-8-14(16)19/h3-12H,1-2H3,(H2,21,22,23,24). The smallest absolute Gasteiger partial charge is 0.249 e. The number of hydrogen-bond donors (Lipinski definition) is 2. The van der Waals surface area contributed by atoms with Crippen molar-refractivity contribution in [1.82, 2.24) is 15.2 Å². The van der Waals surface area contributed by atoms with Crippen LogP contribution >= 0.6 is 15.9 Å². The lowest BCUT2D eigenvalue weighted by molar-refractivity contribution is 0.867. The molecule has 0 aliphatic heterocycles. The number of rotatable bonds is 5. The number of para-hydroxylation sites is 2. The van der Waals surface area contributed by atoms with E-state index in [2.05, 4.69) is 61.7 Å². The number of anilines is 4. The Bertz CT molecular complexity index is 835. The Morgan fingerprint density at radius 1 is 0.917 bits per heavy atom. The summed E-state index contributed by atoms with van der Waals surface area (Å²) in [4.78, 5) is 4.49. The largest absolute Gasteiger partial charge is 0.338 e. The number of nitrogens with one attached hydrogen (secondary N) is 2. The van der Waals surface area contributed by atoms with Gasteiger partial charge in [-0.2, -0.15) is 10.1 Å². The normalized spacial score (nSPS) is 10.7. The molecule has 0 atom stereocenters. The zero-order valence-electron chi connectivity index (χ0n) is 13.5. The van der Waals surface area contributed by atoms with Gasteiger partial charge in [0.25, 0.3) is 0 Å². The van der Waals surface area contributed by atoms with Gasteiger partial charge < -0.3 is 10.6 Å². The molecule has 6 heteroatoms. The first-order valence-electron chi connectivity index (χ1n) is 7.70. The summed E-state index contributed by atoms with van der Waals surface area (Å²) in [6.07, 6.45) is 1.60. The second-order valence-electron chi connectivity index (χ2n) is 5.64. The van der Waals surface area contributed by atoms with Crippen LogP contribution in [0.25, 0.3) is 0 Å². The highest BCUT2D eigenvalue weighted by atomic mass is 79.9. The maximum absolute atomic E-state index is 4.49. The van der Waals surface area contributed by atoms with Gasteiger partial charge in [-0.15, -0.1) is 5.10 Å². The molecule has 0 unspecified atom stereocenters. The van der Waals surface area contributed by atoms with E-state index in [0.717, 1.165) is 15.8 Å². The Kier molecular flexibility index (Phi) is 5.05. The molecule has 0 spiro atoms. The molecule has 0 aliphatic carbocycles. The first-order chi connectivity index (χ1) is 11.6. The van der Waals surface area contributed by atoms with Gasteiger partial charge >= 0.3 is 0 Å². The lowest BCUT2D eigenvalue weighted by Crippen LogP contribution is -2.04. The van der Waals surface area contributed by atoms with E-state index in [1.807, 2.05) is 42.5 Å². The van der Waals surface area contributed by atoms with E-state index >= 15 is 0 Å². The molecule has 24 heavy (non-hydrogen) atoms. The number of hydrogen-bond acceptors (Lipinski definition) is 5. The third-order valence-corrected chi connectivity index (χ3v) is 4.22. The Morgan fingerprint density at radius 3 is 2.38 bits per heavy atom. The summed E-state index contributed by atoms with van der Waals surface area (Å²) in [6, 6.07) is 16.0. The predicted molar refractivity (Wildman–Crippen MR) is 101 cm³/mol. The fourth-order valence-electron chi connectivity index (χ4n) is 2.35. The summed E-state index contributed by atoms with van der Waals surface area (Å²) in [5.41, 5.74) is 3.13. The lowest BCUT2D eigenvalue weighted by Gasteiger charge is -2.13. The van der Waals surface area contributed by atoms with E-state index in [4.69, 9.17) is 0 Å². The van der Waals surface area contributed by atoms with Gasteiger partial charge in [0.05, 0.1) is 11.9 Å². The highest BCUT2D eigenvalue weighted by Crippen LogP contribution is 2.27. The van der Waals surface area contributed by atoms with Crippen molar-refractivity contribution in [3.8, 4) is 0 Å². The molecule has 122 valence electrons. The number of nitrogens with zero attached hydrogens (tertiary/aromatic N) is 3. The average Bonchev–Trinajstić information content (AvgIpc) is 2.58. The molecule has 0 bridgehead atoms. The van der Waals surface area contributed by atoms with Crippen LogP contribution in [-0.2, 0) is 0 Å². The fraction of sp³-hybridized carbons (Fsp3) is 0.167. The van der Waals surface area contributed by atoms with Crippen LogP contribution in [0, 0.1) is 0 Å². The van der Waals surface area contributed by atoms with Crippen molar-refractivity contribution >= 4 is 39.1 Å². The minimum absolute atomic E-state index is 0.406. The zero-order chi connectivity index (χ0) is 16.9. The van der Waals surface area contributed by atoms with Crippen molar-refractivity contribution in [1.29, 1.82) is 0 Å². The molecule has 1 aromatic heterocycles. The number of halogens is 1. The third kappa shape index (κ3) is 3.89. The number of benzene rings is 2. The molecule has 2 N–H and O–H groups in total. The van der Waals surface area contributed by atoms with Crippen molar-refractivity contribution in [3.05, 3.63) is 64.8 Å². The molecule has 0 fully saturated rings. The highest BCUT2D eigenvalue weighted by molar-refractivity contribution is 9.10.